The van der Waals surface area contributed by atoms with E-state index in [2.05, 4.69) is 15.6 Å². The third-order valence-corrected chi connectivity index (χ3v) is 3.74. The number of rotatable bonds is 8. The molecule has 7 heteroatoms. The van der Waals surface area contributed by atoms with Crippen LogP contribution in [0.3, 0.4) is 0 Å². The number of hydrogen-bond acceptors (Lipinski definition) is 4. The van der Waals surface area contributed by atoms with Crippen LogP contribution in [-0.2, 0) is 17.8 Å². The van der Waals surface area contributed by atoms with Crippen LogP contribution in [0.1, 0.15) is 45.3 Å². The van der Waals surface area contributed by atoms with Crippen molar-refractivity contribution in [2.75, 3.05) is 6.54 Å². The second-order valence-electron chi connectivity index (χ2n) is 4.90. The maximum Gasteiger partial charge on any atom is 0.315 e. The summed E-state index contributed by atoms with van der Waals surface area (Å²) in [5, 5.41) is 14.5. The fourth-order valence-corrected chi connectivity index (χ4v) is 1.94. The van der Waals surface area contributed by atoms with Gasteiger partial charge in [-0.05, 0) is 12.8 Å². The molecular weight excluding hydrogens is 274 g/mol. The first-order valence-corrected chi connectivity index (χ1v) is 7.16. The monoisotopic (exact) mass is 297 g/mol. The molecule has 0 aliphatic rings. The minimum atomic E-state index is -0.921. The van der Waals surface area contributed by atoms with Crippen molar-refractivity contribution in [1.29, 1.82) is 0 Å². The molecule has 0 spiro atoms. The van der Waals surface area contributed by atoms with E-state index in [1.165, 1.54) is 0 Å². The Balaban J connectivity index is 2.44. The number of oxazole rings is 1. The fraction of sp³-hybridized carbons (Fsp3) is 0.643. The number of hydrogen-bond donors (Lipinski definition) is 3. The number of aromatic nitrogens is 1. The highest BCUT2D eigenvalue weighted by atomic mass is 16.4. The lowest BCUT2D eigenvalue weighted by molar-refractivity contribution is -0.149. The second kappa shape index (κ2) is 7.66. The molecule has 0 fully saturated rings. The predicted molar refractivity (Wildman–Crippen MR) is 76.8 cm³/mol. The molecule has 0 aliphatic heterocycles. The molecule has 1 aromatic rings. The molecule has 7 nitrogen and oxygen atoms in total. The maximum absolute atomic E-state index is 11.7. The van der Waals surface area contributed by atoms with E-state index in [9.17, 15) is 14.7 Å². The van der Waals surface area contributed by atoms with Gasteiger partial charge >= 0.3 is 12.0 Å². The molecule has 1 aromatic heterocycles. The van der Waals surface area contributed by atoms with Gasteiger partial charge in [-0.1, -0.05) is 20.8 Å². The molecule has 1 heterocycles. The summed E-state index contributed by atoms with van der Waals surface area (Å²) in [4.78, 5) is 27.0. The first kappa shape index (κ1) is 17.0. The van der Waals surface area contributed by atoms with E-state index in [1.54, 1.807) is 20.0 Å². The fourth-order valence-electron chi connectivity index (χ4n) is 1.94. The van der Waals surface area contributed by atoms with Gasteiger partial charge in [-0.25, -0.2) is 9.78 Å². The lowest BCUT2D eigenvalue weighted by Gasteiger charge is -2.26. The lowest BCUT2D eigenvalue weighted by Crippen LogP contribution is -2.45. The normalized spacial score (nSPS) is 11.2. The molecule has 0 bridgehead atoms. The highest BCUT2D eigenvalue weighted by Gasteiger charge is 2.35. The van der Waals surface area contributed by atoms with Crippen molar-refractivity contribution in [2.45, 2.75) is 46.6 Å². The first-order chi connectivity index (χ1) is 9.97. The summed E-state index contributed by atoms with van der Waals surface area (Å²) in [6.45, 7) is 5.81. The van der Waals surface area contributed by atoms with Gasteiger partial charge < -0.3 is 20.2 Å². The number of urea groups is 1. The SMILES string of the molecule is CCc1cnc(CNC(=O)NCC(CC)(CC)C(=O)O)o1. The number of nitrogens with zero attached hydrogens (tertiary/aromatic N) is 1. The maximum atomic E-state index is 11.7. The Bertz CT molecular complexity index is 480. The van der Waals surface area contributed by atoms with Crippen LogP contribution in [0.5, 0.6) is 0 Å². The number of carbonyl (C=O) groups is 2. The van der Waals surface area contributed by atoms with Crippen molar-refractivity contribution in [3.63, 3.8) is 0 Å². The molecule has 0 unspecified atom stereocenters. The molecule has 3 N–H and O–H groups in total. The summed E-state index contributed by atoms with van der Waals surface area (Å²) >= 11 is 0. The van der Waals surface area contributed by atoms with E-state index in [-0.39, 0.29) is 13.1 Å². The molecular formula is C14H23N3O4. The Labute approximate surface area is 124 Å². The van der Waals surface area contributed by atoms with Crippen LogP contribution in [-0.4, -0.2) is 28.6 Å². The van der Waals surface area contributed by atoms with Crippen LogP contribution in [0.15, 0.2) is 10.6 Å². The number of nitrogens with one attached hydrogen (secondary N) is 2. The van der Waals surface area contributed by atoms with Crippen molar-refractivity contribution < 1.29 is 19.1 Å². The summed E-state index contributed by atoms with van der Waals surface area (Å²) in [5.74, 6) is 0.291. The average molecular weight is 297 g/mol. The molecule has 118 valence electrons. The number of carboxylic acid groups (broad SMARTS) is 1. The summed E-state index contributed by atoms with van der Waals surface area (Å²) < 4.78 is 5.36. The second-order valence-corrected chi connectivity index (χ2v) is 4.90. The van der Waals surface area contributed by atoms with E-state index >= 15 is 0 Å². The molecule has 1 rings (SSSR count). The molecule has 2 amide bonds. The molecule has 0 aromatic carbocycles. The smallest absolute Gasteiger partial charge is 0.315 e. The zero-order chi connectivity index (χ0) is 15.9. The molecule has 0 atom stereocenters. The summed E-state index contributed by atoms with van der Waals surface area (Å²) in [7, 11) is 0. The third kappa shape index (κ3) is 4.47. The van der Waals surface area contributed by atoms with Crippen LogP contribution in [0.2, 0.25) is 0 Å². The largest absolute Gasteiger partial charge is 0.481 e. The number of carbonyl (C=O) groups excluding carboxylic acids is 1. The lowest BCUT2D eigenvalue weighted by atomic mass is 9.82. The molecule has 0 radical (unpaired) electrons. The standard InChI is InChI=1S/C14H23N3O4/c1-4-10-7-15-11(21-10)8-16-13(20)17-9-14(5-2,6-3)12(18)19/h7H,4-6,8-9H2,1-3H3,(H,18,19)(H2,16,17,20). The Morgan fingerprint density at radius 1 is 1.29 bits per heavy atom. The summed E-state index contributed by atoms with van der Waals surface area (Å²) in [5.41, 5.74) is -0.921. The van der Waals surface area contributed by atoms with E-state index in [0.29, 0.717) is 18.7 Å². The predicted octanol–water partition coefficient (Wildman–Crippen LogP) is 1.93. The van der Waals surface area contributed by atoms with Crippen molar-refractivity contribution in [2.24, 2.45) is 5.41 Å². The minimum Gasteiger partial charge on any atom is -0.481 e. The van der Waals surface area contributed by atoms with Crippen LogP contribution in [0.4, 0.5) is 4.79 Å². The van der Waals surface area contributed by atoms with Crippen LogP contribution >= 0.6 is 0 Å². The van der Waals surface area contributed by atoms with Gasteiger partial charge in [0.15, 0.2) is 0 Å². The molecule has 0 saturated carbocycles. The van der Waals surface area contributed by atoms with Gasteiger partial charge in [0, 0.05) is 13.0 Å². The Morgan fingerprint density at radius 3 is 2.43 bits per heavy atom. The Hall–Kier alpha value is -2.05. The highest BCUT2D eigenvalue weighted by Crippen LogP contribution is 2.25. The third-order valence-electron chi connectivity index (χ3n) is 3.74. The first-order valence-electron chi connectivity index (χ1n) is 7.16. The molecule has 0 aliphatic carbocycles. The molecule has 21 heavy (non-hydrogen) atoms. The van der Waals surface area contributed by atoms with Crippen LogP contribution in [0, 0.1) is 5.41 Å². The van der Waals surface area contributed by atoms with E-state index in [4.69, 9.17) is 4.42 Å². The van der Waals surface area contributed by atoms with Crippen LogP contribution in [0.25, 0.3) is 0 Å². The van der Waals surface area contributed by atoms with Gasteiger partial charge in [0.2, 0.25) is 5.89 Å². The summed E-state index contributed by atoms with van der Waals surface area (Å²) in [6, 6.07) is -0.432. The minimum absolute atomic E-state index is 0.0902. The number of aliphatic carboxylic acids is 1. The average Bonchev–Trinajstić information content (AvgIpc) is 2.94. The topological polar surface area (TPSA) is 104 Å². The van der Waals surface area contributed by atoms with Crippen molar-refractivity contribution in [3.8, 4) is 0 Å². The van der Waals surface area contributed by atoms with Crippen molar-refractivity contribution in [1.82, 2.24) is 15.6 Å². The zero-order valence-corrected chi connectivity index (χ0v) is 12.7. The number of aryl methyl sites for hydroxylation is 1. The quantitative estimate of drug-likeness (QED) is 0.680. The Kier molecular flexibility index (Phi) is 6.20. The van der Waals surface area contributed by atoms with Gasteiger partial charge in [-0.15, -0.1) is 0 Å². The number of amides is 2. The summed E-state index contributed by atoms with van der Waals surface area (Å²) in [6.07, 6.45) is 3.28. The Morgan fingerprint density at radius 2 is 1.95 bits per heavy atom. The van der Waals surface area contributed by atoms with Crippen molar-refractivity contribution >= 4 is 12.0 Å². The van der Waals surface area contributed by atoms with Crippen LogP contribution < -0.4 is 10.6 Å². The zero-order valence-electron chi connectivity index (χ0n) is 12.7. The number of carboxylic acids is 1. The van der Waals surface area contributed by atoms with E-state index < -0.39 is 17.4 Å². The van der Waals surface area contributed by atoms with Gasteiger partial charge in [-0.3, -0.25) is 4.79 Å². The van der Waals surface area contributed by atoms with Gasteiger partial charge in [0.05, 0.1) is 18.2 Å². The van der Waals surface area contributed by atoms with Gasteiger partial charge in [0.25, 0.3) is 0 Å². The van der Waals surface area contributed by atoms with E-state index in [1.807, 2.05) is 6.92 Å². The highest BCUT2D eigenvalue weighted by molar-refractivity contribution is 5.78. The van der Waals surface area contributed by atoms with Gasteiger partial charge in [0.1, 0.15) is 5.76 Å². The van der Waals surface area contributed by atoms with Gasteiger partial charge in [-0.2, -0.15) is 0 Å². The molecule has 0 saturated heterocycles. The van der Waals surface area contributed by atoms with Crippen molar-refractivity contribution in [3.05, 3.63) is 17.8 Å². The van der Waals surface area contributed by atoms with E-state index in [0.717, 1.165) is 12.2 Å².